The summed E-state index contributed by atoms with van der Waals surface area (Å²) in [6.45, 7) is 4.74. The molecule has 0 bridgehead atoms. The molecule has 2 aliphatic rings. The molecule has 0 amide bonds. The summed E-state index contributed by atoms with van der Waals surface area (Å²) in [5.74, 6) is 0.763. The number of morpholine rings is 1. The second-order valence-electron chi connectivity index (χ2n) is 4.35. The van der Waals surface area contributed by atoms with Crippen molar-refractivity contribution in [3.05, 3.63) is 15.6 Å². The van der Waals surface area contributed by atoms with Crippen LogP contribution < -0.4 is 5.32 Å². The molecular formula is C11H17ClN2OS. The summed E-state index contributed by atoms with van der Waals surface area (Å²) in [5, 5.41) is 4.67. The molecule has 0 radical (unpaired) electrons. The van der Waals surface area contributed by atoms with Crippen molar-refractivity contribution in [2.45, 2.75) is 31.7 Å². The van der Waals surface area contributed by atoms with E-state index in [0.29, 0.717) is 6.04 Å². The van der Waals surface area contributed by atoms with E-state index in [1.807, 2.05) is 11.3 Å². The summed E-state index contributed by atoms with van der Waals surface area (Å²) in [4.78, 5) is 6.17. The molecule has 1 N–H and O–H groups in total. The van der Waals surface area contributed by atoms with Crippen LogP contribution in [0.15, 0.2) is 0 Å². The lowest BCUT2D eigenvalue weighted by atomic mass is 10.2. The molecule has 3 rings (SSSR count). The van der Waals surface area contributed by atoms with Crippen molar-refractivity contribution in [2.24, 2.45) is 0 Å². The topological polar surface area (TPSA) is 34.1 Å². The van der Waals surface area contributed by atoms with E-state index in [9.17, 15) is 0 Å². The van der Waals surface area contributed by atoms with Crippen LogP contribution >= 0.6 is 23.7 Å². The molecule has 1 aromatic rings. The van der Waals surface area contributed by atoms with Gasteiger partial charge < -0.3 is 10.1 Å². The number of thiazole rings is 1. The molecule has 2 heterocycles. The van der Waals surface area contributed by atoms with Gasteiger partial charge in [0.05, 0.1) is 24.9 Å². The Morgan fingerprint density at radius 1 is 1.44 bits per heavy atom. The van der Waals surface area contributed by atoms with E-state index in [-0.39, 0.29) is 12.4 Å². The maximum absolute atomic E-state index is 5.47. The number of rotatable bonds is 2. The Balaban J connectivity index is 0.000000963. The Morgan fingerprint density at radius 3 is 2.88 bits per heavy atom. The lowest BCUT2D eigenvalue weighted by Gasteiger charge is -2.21. The Labute approximate surface area is 106 Å². The van der Waals surface area contributed by atoms with Gasteiger partial charge in [-0.2, -0.15) is 0 Å². The van der Waals surface area contributed by atoms with Crippen LogP contribution in [0.25, 0.3) is 0 Å². The van der Waals surface area contributed by atoms with Crippen molar-refractivity contribution in [1.29, 1.82) is 0 Å². The highest BCUT2D eigenvalue weighted by Gasteiger charge is 2.30. The summed E-state index contributed by atoms with van der Waals surface area (Å²) in [7, 11) is 0. The number of hydrogen-bond donors (Lipinski definition) is 1. The highest BCUT2D eigenvalue weighted by Crippen LogP contribution is 2.43. The van der Waals surface area contributed by atoms with Crippen molar-refractivity contribution in [2.75, 3.05) is 19.8 Å². The van der Waals surface area contributed by atoms with Gasteiger partial charge in [-0.1, -0.05) is 0 Å². The smallest absolute Gasteiger partial charge is 0.112 e. The molecule has 1 aromatic heterocycles. The van der Waals surface area contributed by atoms with Crippen LogP contribution in [0.1, 0.15) is 40.4 Å². The highest BCUT2D eigenvalue weighted by atomic mass is 35.5. The van der Waals surface area contributed by atoms with Gasteiger partial charge in [0.2, 0.25) is 0 Å². The average molecular weight is 261 g/mol. The van der Waals surface area contributed by atoms with Crippen molar-refractivity contribution in [1.82, 2.24) is 10.3 Å². The van der Waals surface area contributed by atoms with Crippen LogP contribution in [0.5, 0.6) is 0 Å². The van der Waals surface area contributed by atoms with E-state index in [1.165, 1.54) is 28.4 Å². The largest absolute Gasteiger partial charge is 0.378 e. The van der Waals surface area contributed by atoms with Crippen LogP contribution in [0.4, 0.5) is 0 Å². The Bertz CT molecular complexity index is 359. The van der Waals surface area contributed by atoms with Gasteiger partial charge in [-0.15, -0.1) is 23.7 Å². The van der Waals surface area contributed by atoms with Crippen LogP contribution in [0.2, 0.25) is 0 Å². The van der Waals surface area contributed by atoms with Gasteiger partial charge in [-0.05, 0) is 19.8 Å². The minimum atomic E-state index is 0. The normalized spacial score (nSPS) is 25.2. The lowest BCUT2D eigenvalue weighted by molar-refractivity contribution is 0.0767. The van der Waals surface area contributed by atoms with Crippen molar-refractivity contribution in [3.63, 3.8) is 0 Å². The summed E-state index contributed by atoms with van der Waals surface area (Å²) in [5.41, 5.74) is 1.35. The molecule has 0 aromatic carbocycles. The van der Waals surface area contributed by atoms with E-state index in [1.54, 1.807) is 0 Å². The number of nitrogens with zero attached hydrogens (tertiary/aromatic N) is 1. The number of ether oxygens (including phenoxy) is 1. The molecule has 1 aliphatic carbocycles. The van der Waals surface area contributed by atoms with Crippen LogP contribution in [0, 0.1) is 6.92 Å². The molecule has 1 saturated heterocycles. The van der Waals surface area contributed by atoms with Crippen LogP contribution in [0.3, 0.4) is 0 Å². The first-order valence-electron chi connectivity index (χ1n) is 5.63. The summed E-state index contributed by atoms with van der Waals surface area (Å²) < 4.78 is 5.47. The average Bonchev–Trinajstić information content (AvgIpc) is 3.04. The van der Waals surface area contributed by atoms with E-state index < -0.39 is 0 Å². The number of hydrogen-bond acceptors (Lipinski definition) is 4. The first-order chi connectivity index (χ1) is 7.34. The van der Waals surface area contributed by atoms with E-state index in [2.05, 4.69) is 12.2 Å². The molecular weight excluding hydrogens is 244 g/mol. The van der Waals surface area contributed by atoms with E-state index in [4.69, 9.17) is 9.72 Å². The third-order valence-corrected chi connectivity index (χ3v) is 4.13. The molecule has 16 heavy (non-hydrogen) atoms. The maximum atomic E-state index is 5.47. The second-order valence-corrected chi connectivity index (χ2v) is 5.58. The van der Waals surface area contributed by atoms with Gasteiger partial charge in [-0.3, -0.25) is 0 Å². The van der Waals surface area contributed by atoms with Crippen molar-refractivity contribution >= 4 is 23.7 Å². The Morgan fingerprint density at radius 2 is 2.25 bits per heavy atom. The molecule has 1 atom stereocenters. The van der Waals surface area contributed by atoms with Gasteiger partial charge >= 0.3 is 0 Å². The van der Waals surface area contributed by atoms with Gasteiger partial charge in [-0.25, -0.2) is 4.98 Å². The van der Waals surface area contributed by atoms with Gasteiger partial charge in [0.25, 0.3) is 0 Å². The molecule has 1 aliphatic heterocycles. The lowest BCUT2D eigenvalue weighted by Crippen LogP contribution is -2.34. The predicted octanol–water partition coefficient (Wildman–Crippen LogP) is 2.41. The van der Waals surface area contributed by atoms with E-state index >= 15 is 0 Å². The summed E-state index contributed by atoms with van der Waals surface area (Å²) in [6, 6.07) is 0.329. The van der Waals surface area contributed by atoms with Gasteiger partial charge in [0.15, 0.2) is 0 Å². The second kappa shape index (κ2) is 5.00. The molecule has 5 heteroatoms. The van der Waals surface area contributed by atoms with Gasteiger partial charge in [0, 0.05) is 17.3 Å². The molecule has 2 fully saturated rings. The minimum Gasteiger partial charge on any atom is -0.378 e. The summed E-state index contributed by atoms with van der Waals surface area (Å²) in [6.07, 6.45) is 2.66. The Hall–Kier alpha value is -0.160. The molecule has 1 saturated carbocycles. The van der Waals surface area contributed by atoms with Crippen LogP contribution in [-0.4, -0.2) is 24.7 Å². The third-order valence-electron chi connectivity index (χ3n) is 3.03. The first kappa shape index (κ1) is 12.3. The molecule has 0 spiro atoms. The first-order valence-corrected chi connectivity index (χ1v) is 6.44. The predicted molar refractivity (Wildman–Crippen MR) is 67.6 cm³/mol. The molecule has 1 unspecified atom stereocenters. The number of halogens is 1. The fourth-order valence-corrected chi connectivity index (χ4v) is 3.11. The zero-order valence-corrected chi connectivity index (χ0v) is 11.0. The Kier molecular flexibility index (Phi) is 3.85. The SMILES string of the molecule is Cc1sc(C2COCCN2)nc1C1CC1.Cl. The quantitative estimate of drug-likeness (QED) is 0.887. The third kappa shape index (κ3) is 2.40. The van der Waals surface area contributed by atoms with Crippen molar-refractivity contribution in [3.8, 4) is 0 Å². The fourth-order valence-electron chi connectivity index (χ4n) is 2.04. The zero-order valence-electron chi connectivity index (χ0n) is 9.36. The monoisotopic (exact) mass is 260 g/mol. The number of nitrogens with one attached hydrogen (secondary N) is 1. The van der Waals surface area contributed by atoms with Crippen LogP contribution in [-0.2, 0) is 4.74 Å². The molecule has 90 valence electrons. The maximum Gasteiger partial charge on any atom is 0.112 e. The zero-order chi connectivity index (χ0) is 10.3. The highest BCUT2D eigenvalue weighted by molar-refractivity contribution is 7.11. The van der Waals surface area contributed by atoms with Crippen molar-refractivity contribution < 1.29 is 4.74 Å². The standard InChI is InChI=1S/C11H16N2OS.ClH/c1-7-10(8-2-3-8)13-11(15-7)9-6-14-5-4-12-9;/h8-9,12H,2-6H2,1H3;1H. The number of aromatic nitrogens is 1. The minimum absolute atomic E-state index is 0. The summed E-state index contributed by atoms with van der Waals surface area (Å²) >= 11 is 1.84. The van der Waals surface area contributed by atoms with E-state index in [0.717, 1.165) is 25.7 Å². The van der Waals surface area contributed by atoms with Gasteiger partial charge in [0.1, 0.15) is 5.01 Å². The molecule has 3 nitrogen and oxygen atoms in total. The fraction of sp³-hybridized carbons (Fsp3) is 0.727. The number of aryl methyl sites for hydroxylation is 1.